The molecule has 2 rings (SSSR count). The molecule has 2 aromatic carbocycles. The van der Waals surface area contributed by atoms with Gasteiger partial charge in [-0.3, -0.25) is 0 Å². The Labute approximate surface area is 133 Å². The molecule has 0 aliphatic heterocycles. The molecule has 5 heteroatoms. The minimum atomic E-state index is 0.316. The molecule has 0 amide bonds. The van der Waals surface area contributed by atoms with E-state index in [4.69, 9.17) is 44.3 Å². The summed E-state index contributed by atoms with van der Waals surface area (Å²) in [6, 6.07) is 11.0. The van der Waals surface area contributed by atoms with Gasteiger partial charge in [-0.15, -0.1) is 11.6 Å². The Balaban J connectivity index is 2.19. The van der Waals surface area contributed by atoms with Gasteiger partial charge in [-0.05, 0) is 12.1 Å². The SMILES string of the molecule is COc1ccc(CCl)c(OCc2cccc(Cl)c2Cl)c1. The van der Waals surface area contributed by atoms with Crippen molar-refractivity contribution < 1.29 is 9.47 Å². The maximum absolute atomic E-state index is 6.13. The summed E-state index contributed by atoms with van der Waals surface area (Å²) in [5, 5.41) is 1.01. The van der Waals surface area contributed by atoms with Gasteiger partial charge in [-0.1, -0.05) is 41.4 Å². The number of halogens is 3. The number of hydrogen-bond acceptors (Lipinski definition) is 2. The number of benzene rings is 2. The van der Waals surface area contributed by atoms with Gasteiger partial charge in [0.15, 0.2) is 0 Å². The van der Waals surface area contributed by atoms with Crippen LogP contribution in [0.4, 0.5) is 0 Å². The maximum Gasteiger partial charge on any atom is 0.127 e. The molecular weight excluding hydrogens is 319 g/mol. The van der Waals surface area contributed by atoms with Crippen molar-refractivity contribution in [2.45, 2.75) is 12.5 Å². The third-order valence-corrected chi connectivity index (χ3v) is 3.98. The Bertz CT molecular complexity index is 600. The second kappa shape index (κ2) is 7.07. The molecular formula is C15H13Cl3O2. The smallest absolute Gasteiger partial charge is 0.127 e. The summed E-state index contributed by atoms with van der Waals surface area (Å²) < 4.78 is 11.0. The van der Waals surface area contributed by atoms with Crippen LogP contribution in [0.5, 0.6) is 11.5 Å². The van der Waals surface area contributed by atoms with Gasteiger partial charge in [-0.2, -0.15) is 0 Å². The highest BCUT2D eigenvalue weighted by Crippen LogP contribution is 2.29. The number of hydrogen-bond donors (Lipinski definition) is 0. The van der Waals surface area contributed by atoms with E-state index in [1.807, 2.05) is 24.3 Å². The number of ether oxygens (including phenoxy) is 2. The van der Waals surface area contributed by atoms with Crippen molar-refractivity contribution in [3.63, 3.8) is 0 Å². The number of alkyl halides is 1. The molecule has 0 aliphatic rings. The zero-order valence-electron chi connectivity index (χ0n) is 10.8. The lowest BCUT2D eigenvalue weighted by Gasteiger charge is -2.12. The van der Waals surface area contributed by atoms with Crippen LogP contribution in [0.2, 0.25) is 10.0 Å². The van der Waals surface area contributed by atoms with Crippen LogP contribution in [-0.2, 0) is 12.5 Å². The molecule has 0 spiro atoms. The Hall–Kier alpha value is -1.09. The first kappa shape index (κ1) is 15.3. The van der Waals surface area contributed by atoms with E-state index in [0.29, 0.717) is 34.0 Å². The van der Waals surface area contributed by atoms with Gasteiger partial charge in [0.05, 0.1) is 23.0 Å². The molecule has 0 N–H and O–H groups in total. The fourth-order valence-corrected chi connectivity index (χ4v) is 2.32. The monoisotopic (exact) mass is 330 g/mol. The van der Waals surface area contributed by atoms with Crippen molar-refractivity contribution >= 4 is 34.8 Å². The average molecular weight is 332 g/mol. The molecule has 0 heterocycles. The van der Waals surface area contributed by atoms with Crippen molar-refractivity contribution in [3.05, 3.63) is 57.6 Å². The standard InChI is InChI=1S/C15H13Cl3O2/c1-19-12-6-5-10(8-16)14(7-12)20-9-11-3-2-4-13(17)15(11)18/h2-7H,8-9H2,1H3. The molecule has 2 nitrogen and oxygen atoms in total. The van der Waals surface area contributed by atoms with E-state index in [9.17, 15) is 0 Å². The Morgan fingerprint density at radius 3 is 2.55 bits per heavy atom. The first-order valence-corrected chi connectivity index (χ1v) is 7.23. The molecule has 0 aliphatic carbocycles. The van der Waals surface area contributed by atoms with Crippen LogP contribution in [0.15, 0.2) is 36.4 Å². The lowest BCUT2D eigenvalue weighted by Crippen LogP contribution is -1.99. The van der Waals surface area contributed by atoms with E-state index in [1.54, 1.807) is 19.2 Å². The van der Waals surface area contributed by atoms with Crippen molar-refractivity contribution in [3.8, 4) is 11.5 Å². The van der Waals surface area contributed by atoms with Crippen molar-refractivity contribution in [1.82, 2.24) is 0 Å². The zero-order chi connectivity index (χ0) is 14.5. The lowest BCUT2D eigenvalue weighted by molar-refractivity contribution is 0.301. The van der Waals surface area contributed by atoms with Crippen LogP contribution < -0.4 is 9.47 Å². The molecule has 0 saturated carbocycles. The first-order chi connectivity index (χ1) is 9.65. The minimum Gasteiger partial charge on any atom is -0.497 e. The summed E-state index contributed by atoms with van der Waals surface area (Å²) >= 11 is 18.0. The van der Waals surface area contributed by atoms with Crippen molar-refractivity contribution in [2.75, 3.05) is 7.11 Å². The molecule has 0 unspecified atom stereocenters. The molecule has 2 aromatic rings. The molecule has 0 aromatic heterocycles. The maximum atomic E-state index is 6.13. The summed E-state index contributed by atoms with van der Waals surface area (Å²) in [4.78, 5) is 0. The molecule has 0 fully saturated rings. The zero-order valence-corrected chi connectivity index (χ0v) is 13.1. The molecule has 0 radical (unpaired) electrons. The molecule has 106 valence electrons. The quantitative estimate of drug-likeness (QED) is 0.690. The van der Waals surface area contributed by atoms with Gasteiger partial charge >= 0.3 is 0 Å². The highest BCUT2D eigenvalue weighted by atomic mass is 35.5. The van der Waals surface area contributed by atoms with E-state index in [-0.39, 0.29) is 0 Å². The highest BCUT2D eigenvalue weighted by molar-refractivity contribution is 6.42. The van der Waals surface area contributed by atoms with E-state index < -0.39 is 0 Å². The van der Waals surface area contributed by atoms with Crippen LogP contribution in [0.25, 0.3) is 0 Å². The number of methoxy groups -OCH3 is 1. The van der Waals surface area contributed by atoms with E-state index in [1.165, 1.54) is 0 Å². The molecule has 0 saturated heterocycles. The van der Waals surface area contributed by atoms with E-state index >= 15 is 0 Å². The van der Waals surface area contributed by atoms with Gasteiger partial charge < -0.3 is 9.47 Å². The minimum absolute atomic E-state index is 0.316. The fourth-order valence-electron chi connectivity index (χ4n) is 1.72. The predicted octanol–water partition coefficient (Wildman–Crippen LogP) is 5.32. The van der Waals surface area contributed by atoms with Gasteiger partial charge in [0.2, 0.25) is 0 Å². The van der Waals surface area contributed by atoms with Crippen LogP contribution >= 0.6 is 34.8 Å². The Morgan fingerprint density at radius 2 is 1.85 bits per heavy atom. The number of rotatable bonds is 5. The van der Waals surface area contributed by atoms with Crippen LogP contribution in [-0.4, -0.2) is 7.11 Å². The Kier molecular flexibility index (Phi) is 5.41. The van der Waals surface area contributed by atoms with Gasteiger partial charge in [-0.25, -0.2) is 0 Å². The molecule has 0 atom stereocenters. The van der Waals surface area contributed by atoms with Crippen LogP contribution in [0.1, 0.15) is 11.1 Å². The molecule has 0 bridgehead atoms. The topological polar surface area (TPSA) is 18.5 Å². The van der Waals surface area contributed by atoms with Crippen LogP contribution in [0, 0.1) is 0 Å². The van der Waals surface area contributed by atoms with Gasteiger partial charge in [0.1, 0.15) is 18.1 Å². The summed E-state index contributed by atoms with van der Waals surface area (Å²) in [5.74, 6) is 1.75. The predicted molar refractivity (Wildman–Crippen MR) is 83.3 cm³/mol. The Morgan fingerprint density at radius 1 is 1.05 bits per heavy atom. The molecule has 20 heavy (non-hydrogen) atoms. The summed E-state index contributed by atoms with van der Waals surface area (Å²) in [6.45, 7) is 0.316. The van der Waals surface area contributed by atoms with Crippen molar-refractivity contribution in [2.24, 2.45) is 0 Å². The van der Waals surface area contributed by atoms with Crippen LogP contribution in [0.3, 0.4) is 0 Å². The normalized spacial score (nSPS) is 10.4. The summed E-state index contributed by atoms with van der Waals surface area (Å²) in [5.41, 5.74) is 1.72. The largest absolute Gasteiger partial charge is 0.497 e. The average Bonchev–Trinajstić information content (AvgIpc) is 2.48. The van der Waals surface area contributed by atoms with Gasteiger partial charge in [0.25, 0.3) is 0 Å². The first-order valence-electron chi connectivity index (χ1n) is 5.94. The second-order valence-electron chi connectivity index (χ2n) is 4.11. The van der Waals surface area contributed by atoms with Gasteiger partial charge in [0, 0.05) is 17.2 Å². The second-order valence-corrected chi connectivity index (χ2v) is 5.16. The highest BCUT2D eigenvalue weighted by Gasteiger charge is 2.08. The van der Waals surface area contributed by atoms with E-state index in [2.05, 4.69) is 0 Å². The van der Waals surface area contributed by atoms with E-state index in [0.717, 1.165) is 11.1 Å². The lowest BCUT2D eigenvalue weighted by atomic mass is 10.2. The summed E-state index contributed by atoms with van der Waals surface area (Å²) in [7, 11) is 1.60. The third-order valence-electron chi connectivity index (χ3n) is 2.83. The van der Waals surface area contributed by atoms with Crippen molar-refractivity contribution in [1.29, 1.82) is 0 Å². The summed E-state index contributed by atoms with van der Waals surface area (Å²) in [6.07, 6.45) is 0. The third kappa shape index (κ3) is 3.51. The fraction of sp³-hybridized carbons (Fsp3) is 0.200.